The molecule has 0 radical (unpaired) electrons. The number of hydrogen-bond acceptors (Lipinski definition) is 3. The Morgan fingerprint density at radius 3 is 2.29 bits per heavy atom. The van der Waals surface area contributed by atoms with Gasteiger partial charge in [0.05, 0.1) is 21.3 Å². The fraction of sp³-hybridized carbons (Fsp3) is 0.700. The maximum absolute atomic E-state index is 13.4. The summed E-state index contributed by atoms with van der Waals surface area (Å²) in [6.07, 6.45) is -3.81. The molecule has 1 aromatic carbocycles. The largest absolute Gasteiger partial charge is 0.416 e. The van der Waals surface area contributed by atoms with Gasteiger partial charge in [0.25, 0.3) is 0 Å². The lowest BCUT2D eigenvalue weighted by Gasteiger charge is -2.34. The van der Waals surface area contributed by atoms with Crippen molar-refractivity contribution < 1.29 is 17.4 Å². The molecule has 0 aliphatic carbocycles. The summed E-state index contributed by atoms with van der Waals surface area (Å²) in [5, 5.41) is 3.27. The van der Waals surface area contributed by atoms with Crippen molar-refractivity contribution in [3.05, 3.63) is 29.3 Å². The first-order valence-electron chi connectivity index (χ1n) is 9.74. The van der Waals surface area contributed by atoms with E-state index in [1.165, 1.54) is 6.07 Å². The lowest BCUT2D eigenvalue weighted by Crippen LogP contribution is -2.44. The number of benzene rings is 1. The lowest BCUT2D eigenvalue weighted by molar-refractivity contribution is -0.137. The van der Waals surface area contributed by atoms with Crippen LogP contribution in [0.4, 0.5) is 18.9 Å². The van der Waals surface area contributed by atoms with Crippen molar-refractivity contribution in [1.29, 1.82) is 0 Å². The topological polar surface area (TPSA) is 44.4 Å². The van der Waals surface area contributed by atoms with Gasteiger partial charge in [0.1, 0.15) is 0 Å². The van der Waals surface area contributed by atoms with Gasteiger partial charge in [0.15, 0.2) is 0 Å². The molecule has 0 bridgehead atoms. The van der Waals surface area contributed by atoms with Crippen LogP contribution in [0.5, 0.6) is 0 Å². The lowest BCUT2D eigenvalue weighted by atomic mass is 9.94. The number of nitrogens with one attached hydrogen (secondary N) is 2. The van der Waals surface area contributed by atoms with Crippen LogP contribution in [0, 0.1) is 5.92 Å². The first-order chi connectivity index (χ1) is 12.9. The van der Waals surface area contributed by atoms with Crippen LogP contribution in [-0.2, 0) is 17.2 Å². The minimum absolute atomic E-state index is 0.236. The Balaban J connectivity index is 2.51. The molecule has 1 aliphatic rings. The van der Waals surface area contributed by atoms with E-state index in [0.717, 1.165) is 37.9 Å². The summed E-state index contributed by atoms with van der Waals surface area (Å²) in [6.45, 7) is 12.6. The van der Waals surface area contributed by atoms with Crippen LogP contribution >= 0.6 is 0 Å². The molecule has 28 heavy (non-hydrogen) atoms. The molecule has 8 heteroatoms. The predicted octanol–water partition coefficient (Wildman–Crippen LogP) is 4.25. The third kappa shape index (κ3) is 6.19. The van der Waals surface area contributed by atoms with Crippen LogP contribution in [-0.4, -0.2) is 35.1 Å². The quantitative estimate of drug-likeness (QED) is 0.724. The maximum Gasteiger partial charge on any atom is 0.416 e. The SMILES string of the molecule is CC(C)CC(N[S@](=O)C(C)(C)C)c1cc(C(F)(F)F)ccc1N1CCNCC1. The van der Waals surface area contributed by atoms with E-state index in [0.29, 0.717) is 12.0 Å². The minimum Gasteiger partial charge on any atom is -0.369 e. The molecule has 1 aromatic rings. The molecular weight excluding hydrogens is 387 g/mol. The fourth-order valence-corrected chi connectivity index (χ4v) is 4.05. The van der Waals surface area contributed by atoms with E-state index in [1.54, 1.807) is 6.07 Å². The van der Waals surface area contributed by atoms with Crippen molar-refractivity contribution in [2.45, 2.75) is 58.0 Å². The number of anilines is 1. The highest BCUT2D eigenvalue weighted by atomic mass is 32.2. The Labute approximate surface area is 168 Å². The number of rotatable bonds is 6. The zero-order valence-corrected chi connectivity index (χ0v) is 18.1. The molecule has 1 saturated heterocycles. The molecule has 2 N–H and O–H groups in total. The van der Waals surface area contributed by atoms with Crippen LogP contribution in [0.1, 0.15) is 58.2 Å². The Morgan fingerprint density at radius 1 is 1.18 bits per heavy atom. The number of halogens is 3. The third-order valence-electron chi connectivity index (χ3n) is 4.70. The molecule has 0 spiro atoms. The number of hydrogen-bond donors (Lipinski definition) is 2. The van der Waals surface area contributed by atoms with E-state index < -0.39 is 33.5 Å². The van der Waals surface area contributed by atoms with E-state index in [1.807, 2.05) is 34.6 Å². The van der Waals surface area contributed by atoms with Gasteiger partial charge in [0.2, 0.25) is 0 Å². The normalized spacial score (nSPS) is 18.4. The summed E-state index contributed by atoms with van der Waals surface area (Å²) in [4.78, 5) is 2.11. The summed E-state index contributed by atoms with van der Waals surface area (Å²) >= 11 is 0. The van der Waals surface area contributed by atoms with E-state index in [9.17, 15) is 17.4 Å². The van der Waals surface area contributed by atoms with Gasteiger partial charge in [-0.15, -0.1) is 0 Å². The molecule has 1 fully saturated rings. The molecule has 2 rings (SSSR count). The number of nitrogens with zero attached hydrogens (tertiary/aromatic N) is 1. The monoisotopic (exact) mass is 419 g/mol. The fourth-order valence-electron chi connectivity index (χ4n) is 3.22. The first-order valence-corrected chi connectivity index (χ1v) is 10.9. The second kappa shape index (κ2) is 9.13. The van der Waals surface area contributed by atoms with Gasteiger partial charge in [0, 0.05) is 37.9 Å². The van der Waals surface area contributed by atoms with Crippen molar-refractivity contribution in [3.8, 4) is 0 Å². The highest BCUT2D eigenvalue weighted by molar-refractivity contribution is 7.84. The summed E-state index contributed by atoms with van der Waals surface area (Å²) in [6, 6.07) is 3.52. The Morgan fingerprint density at radius 2 is 1.79 bits per heavy atom. The Kier molecular flexibility index (Phi) is 7.56. The van der Waals surface area contributed by atoms with E-state index in [-0.39, 0.29) is 5.92 Å². The van der Waals surface area contributed by atoms with Gasteiger partial charge in [-0.1, -0.05) is 13.8 Å². The highest BCUT2D eigenvalue weighted by Gasteiger charge is 2.33. The van der Waals surface area contributed by atoms with E-state index >= 15 is 0 Å². The van der Waals surface area contributed by atoms with Crippen LogP contribution in [0.2, 0.25) is 0 Å². The zero-order chi connectivity index (χ0) is 21.1. The summed E-state index contributed by atoms with van der Waals surface area (Å²) in [7, 11) is -1.39. The zero-order valence-electron chi connectivity index (χ0n) is 17.3. The number of piperazine rings is 1. The van der Waals surface area contributed by atoms with Gasteiger partial charge in [-0.25, -0.2) is 8.93 Å². The standard InChI is InChI=1S/C20H32F3N3OS/c1-14(2)12-17(25-28(27)19(3,4)5)16-13-15(20(21,22)23)6-7-18(16)26-10-8-24-9-11-26/h6-7,13-14,17,24-25H,8-12H2,1-5H3/t17?,28-/m1/s1. The summed E-state index contributed by atoms with van der Waals surface area (Å²) in [5.74, 6) is 0.236. The van der Waals surface area contributed by atoms with Crippen molar-refractivity contribution in [2.75, 3.05) is 31.1 Å². The minimum atomic E-state index is -4.41. The van der Waals surface area contributed by atoms with Gasteiger partial charge in [-0.3, -0.25) is 0 Å². The molecule has 0 saturated carbocycles. The molecule has 160 valence electrons. The van der Waals surface area contributed by atoms with Crippen LogP contribution in [0.15, 0.2) is 18.2 Å². The van der Waals surface area contributed by atoms with Gasteiger partial charge in [-0.05, 0) is 56.9 Å². The molecule has 2 atom stereocenters. The van der Waals surface area contributed by atoms with Crippen molar-refractivity contribution in [3.63, 3.8) is 0 Å². The average Bonchev–Trinajstić information content (AvgIpc) is 2.59. The predicted molar refractivity (Wildman–Crippen MR) is 110 cm³/mol. The van der Waals surface area contributed by atoms with Crippen molar-refractivity contribution in [2.24, 2.45) is 5.92 Å². The Bertz CT molecular complexity index is 680. The highest BCUT2D eigenvalue weighted by Crippen LogP contribution is 2.37. The van der Waals surface area contributed by atoms with Crippen molar-refractivity contribution >= 4 is 16.7 Å². The molecule has 1 heterocycles. The van der Waals surface area contributed by atoms with Gasteiger partial charge in [-0.2, -0.15) is 13.2 Å². The van der Waals surface area contributed by atoms with E-state index in [2.05, 4.69) is 14.9 Å². The van der Waals surface area contributed by atoms with Crippen LogP contribution < -0.4 is 14.9 Å². The van der Waals surface area contributed by atoms with E-state index in [4.69, 9.17) is 0 Å². The van der Waals surface area contributed by atoms with Crippen molar-refractivity contribution in [1.82, 2.24) is 10.0 Å². The second-order valence-electron chi connectivity index (χ2n) is 8.69. The van der Waals surface area contributed by atoms with Crippen LogP contribution in [0.25, 0.3) is 0 Å². The number of alkyl halides is 3. The molecular formula is C20H32F3N3OS. The Hall–Kier alpha value is -1.12. The molecule has 0 amide bonds. The first kappa shape index (κ1) is 23.2. The summed E-state index contributed by atoms with van der Waals surface area (Å²) in [5.41, 5.74) is 0.695. The molecule has 4 nitrogen and oxygen atoms in total. The summed E-state index contributed by atoms with van der Waals surface area (Å²) < 4.78 is 55.6. The smallest absolute Gasteiger partial charge is 0.369 e. The van der Waals surface area contributed by atoms with Gasteiger partial charge < -0.3 is 10.2 Å². The molecule has 1 aliphatic heterocycles. The molecule has 1 unspecified atom stereocenters. The second-order valence-corrected chi connectivity index (χ2v) is 10.7. The average molecular weight is 420 g/mol. The van der Waals surface area contributed by atoms with Gasteiger partial charge >= 0.3 is 6.18 Å². The maximum atomic E-state index is 13.4. The third-order valence-corrected chi connectivity index (χ3v) is 6.31. The molecule has 0 aromatic heterocycles. The van der Waals surface area contributed by atoms with Crippen LogP contribution in [0.3, 0.4) is 0 Å².